The third kappa shape index (κ3) is 2.01. The molecule has 1 aliphatic heterocycles. The van der Waals surface area contributed by atoms with Crippen molar-refractivity contribution in [1.29, 1.82) is 0 Å². The normalized spacial score (nSPS) is 35.9. The van der Waals surface area contributed by atoms with Gasteiger partial charge in [0, 0.05) is 16.1 Å². The van der Waals surface area contributed by atoms with Crippen LogP contribution < -0.4 is 5.32 Å². The van der Waals surface area contributed by atoms with Crippen LogP contribution in [0.25, 0.3) is 0 Å². The standard InChI is InChI=1S/C15H13BrClNO3/c16-9-2-1-7(5-10(9)17)18-14(19)12-6-3-8-11(4-6)21-15(20)13(8)12/h1-2,5-6,8,11-13H,3-4H2,(H,18,19)/t6-,8-,11+,12-,13-/m0/s1. The predicted molar refractivity (Wildman–Crippen MR) is 80.9 cm³/mol. The van der Waals surface area contributed by atoms with E-state index in [-0.39, 0.29) is 41.7 Å². The van der Waals surface area contributed by atoms with Gasteiger partial charge >= 0.3 is 5.97 Å². The van der Waals surface area contributed by atoms with Crippen LogP contribution in [0.15, 0.2) is 22.7 Å². The van der Waals surface area contributed by atoms with E-state index in [2.05, 4.69) is 21.2 Å². The van der Waals surface area contributed by atoms with Crippen molar-refractivity contribution >= 4 is 45.1 Å². The van der Waals surface area contributed by atoms with Crippen LogP contribution in [0.5, 0.6) is 0 Å². The van der Waals surface area contributed by atoms with E-state index in [1.54, 1.807) is 18.2 Å². The lowest BCUT2D eigenvalue weighted by Gasteiger charge is -2.23. The van der Waals surface area contributed by atoms with Crippen LogP contribution >= 0.6 is 27.5 Å². The Bertz CT molecular complexity index is 648. The van der Waals surface area contributed by atoms with Crippen LogP contribution in [0.4, 0.5) is 5.69 Å². The fourth-order valence-corrected chi connectivity index (χ4v) is 4.59. The highest BCUT2D eigenvalue weighted by Crippen LogP contribution is 2.57. The summed E-state index contributed by atoms with van der Waals surface area (Å²) in [6.45, 7) is 0. The molecule has 1 aromatic carbocycles. The Morgan fingerprint density at radius 2 is 2.19 bits per heavy atom. The Morgan fingerprint density at radius 1 is 1.38 bits per heavy atom. The average molecular weight is 371 g/mol. The Balaban J connectivity index is 1.55. The van der Waals surface area contributed by atoms with Crippen molar-refractivity contribution in [2.24, 2.45) is 23.7 Å². The maximum atomic E-state index is 12.6. The molecule has 1 aromatic rings. The number of carbonyl (C=O) groups is 2. The average Bonchev–Trinajstić information content (AvgIpc) is 3.04. The maximum absolute atomic E-state index is 12.6. The molecule has 2 bridgehead atoms. The highest BCUT2D eigenvalue weighted by molar-refractivity contribution is 9.10. The van der Waals surface area contributed by atoms with Gasteiger partial charge in [-0.05, 0) is 52.9 Å². The summed E-state index contributed by atoms with van der Waals surface area (Å²) in [5.41, 5.74) is 0.652. The van der Waals surface area contributed by atoms with Gasteiger partial charge in [-0.15, -0.1) is 0 Å². The molecule has 0 unspecified atom stereocenters. The van der Waals surface area contributed by atoms with Crippen LogP contribution in [-0.4, -0.2) is 18.0 Å². The van der Waals surface area contributed by atoms with E-state index < -0.39 is 0 Å². The van der Waals surface area contributed by atoms with E-state index >= 15 is 0 Å². The first-order valence-electron chi connectivity index (χ1n) is 7.01. The zero-order chi connectivity index (χ0) is 14.7. The van der Waals surface area contributed by atoms with E-state index in [9.17, 15) is 9.59 Å². The predicted octanol–water partition coefficient (Wildman–Crippen LogP) is 3.24. The lowest BCUT2D eigenvalue weighted by molar-refractivity contribution is -0.145. The largest absolute Gasteiger partial charge is 0.462 e. The third-order valence-electron chi connectivity index (χ3n) is 4.97. The van der Waals surface area contributed by atoms with E-state index in [0.29, 0.717) is 10.7 Å². The van der Waals surface area contributed by atoms with E-state index in [4.69, 9.17) is 16.3 Å². The Labute approximate surface area is 135 Å². The molecule has 2 aliphatic carbocycles. The summed E-state index contributed by atoms with van der Waals surface area (Å²) in [6.07, 6.45) is 1.81. The molecular formula is C15H13BrClNO3. The molecule has 1 N–H and O–H groups in total. The minimum absolute atomic E-state index is 0.0543. The first-order chi connectivity index (χ1) is 10.0. The molecule has 6 heteroatoms. The summed E-state index contributed by atoms with van der Waals surface area (Å²) in [5, 5.41) is 3.43. The number of esters is 1. The van der Waals surface area contributed by atoms with Gasteiger partial charge in [-0.1, -0.05) is 11.6 Å². The van der Waals surface area contributed by atoms with Gasteiger partial charge in [0.1, 0.15) is 6.10 Å². The second-order valence-electron chi connectivity index (χ2n) is 6.04. The number of halogens is 2. The minimum Gasteiger partial charge on any atom is -0.462 e. The zero-order valence-corrected chi connectivity index (χ0v) is 13.4. The summed E-state index contributed by atoms with van der Waals surface area (Å²) in [7, 11) is 0. The zero-order valence-electron chi connectivity index (χ0n) is 11.0. The van der Waals surface area contributed by atoms with Gasteiger partial charge in [-0.3, -0.25) is 9.59 Å². The number of benzene rings is 1. The molecule has 5 atom stereocenters. The molecule has 1 saturated heterocycles. The van der Waals surface area contributed by atoms with Crippen LogP contribution in [0.2, 0.25) is 5.02 Å². The number of carbonyl (C=O) groups excluding carboxylic acids is 2. The van der Waals surface area contributed by atoms with Gasteiger partial charge < -0.3 is 10.1 Å². The molecule has 3 fully saturated rings. The van der Waals surface area contributed by atoms with Gasteiger partial charge in [0.25, 0.3) is 0 Å². The molecule has 110 valence electrons. The SMILES string of the molecule is O=C(Nc1ccc(Br)c(Cl)c1)[C@H]1[C@H]2C[C@@H]3[C@@H]1C(=O)O[C@@H]3C2. The lowest BCUT2D eigenvalue weighted by Crippen LogP contribution is -2.35. The van der Waals surface area contributed by atoms with Crippen molar-refractivity contribution < 1.29 is 14.3 Å². The summed E-state index contributed by atoms with van der Waals surface area (Å²) in [5.74, 6) is -0.292. The van der Waals surface area contributed by atoms with E-state index in [0.717, 1.165) is 17.3 Å². The van der Waals surface area contributed by atoms with Crippen LogP contribution in [-0.2, 0) is 14.3 Å². The molecule has 4 rings (SSSR count). The Morgan fingerprint density at radius 3 is 2.95 bits per heavy atom. The van der Waals surface area contributed by atoms with Crippen LogP contribution in [0.1, 0.15) is 12.8 Å². The van der Waals surface area contributed by atoms with Crippen LogP contribution in [0, 0.1) is 23.7 Å². The molecule has 1 amide bonds. The second kappa shape index (κ2) is 4.71. The third-order valence-corrected chi connectivity index (χ3v) is 6.21. The van der Waals surface area contributed by atoms with Crippen molar-refractivity contribution in [2.45, 2.75) is 18.9 Å². The number of ether oxygens (including phenoxy) is 1. The molecule has 3 aliphatic rings. The lowest BCUT2D eigenvalue weighted by atomic mass is 9.79. The topological polar surface area (TPSA) is 55.4 Å². The van der Waals surface area contributed by atoms with Crippen molar-refractivity contribution in [3.05, 3.63) is 27.7 Å². The number of rotatable bonds is 2. The molecule has 21 heavy (non-hydrogen) atoms. The summed E-state index contributed by atoms with van der Waals surface area (Å²) < 4.78 is 6.14. The van der Waals surface area contributed by atoms with Gasteiger partial charge in [0.15, 0.2) is 0 Å². The van der Waals surface area contributed by atoms with E-state index in [1.807, 2.05) is 0 Å². The second-order valence-corrected chi connectivity index (χ2v) is 7.30. The molecular weight excluding hydrogens is 358 g/mol. The number of nitrogens with one attached hydrogen (secondary N) is 1. The van der Waals surface area contributed by atoms with Gasteiger partial charge in [-0.2, -0.15) is 0 Å². The first-order valence-corrected chi connectivity index (χ1v) is 8.18. The van der Waals surface area contributed by atoms with Gasteiger partial charge in [0.05, 0.1) is 16.9 Å². The number of hydrogen-bond donors (Lipinski definition) is 1. The molecule has 0 aromatic heterocycles. The smallest absolute Gasteiger partial charge is 0.310 e. The fraction of sp³-hybridized carbons (Fsp3) is 0.467. The van der Waals surface area contributed by atoms with Crippen LogP contribution in [0.3, 0.4) is 0 Å². The number of fused-ring (bicyclic) bond motifs is 1. The van der Waals surface area contributed by atoms with Crippen molar-refractivity contribution in [2.75, 3.05) is 5.32 Å². The summed E-state index contributed by atoms with van der Waals surface area (Å²) in [6, 6.07) is 5.28. The van der Waals surface area contributed by atoms with Crippen molar-refractivity contribution in [1.82, 2.24) is 0 Å². The molecule has 0 radical (unpaired) electrons. The number of hydrogen-bond acceptors (Lipinski definition) is 3. The van der Waals surface area contributed by atoms with Crippen molar-refractivity contribution in [3.8, 4) is 0 Å². The monoisotopic (exact) mass is 369 g/mol. The Kier molecular flexibility index (Phi) is 3.05. The number of amides is 1. The van der Waals surface area contributed by atoms with E-state index in [1.165, 1.54) is 0 Å². The summed E-state index contributed by atoms with van der Waals surface area (Å²) in [4.78, 5) is 24.5. The maximum Gasteiger partial charge on any atom is 0.310 e. The van der Waals surface area contributed by atoms with Crippen molar-refractivity contribution in [3.63, 3.8) is 0 Å². The highest BCUT2D eigenvalue weighted by Gasteiger charge is 2.63. The fourth-order valence-electron chi connectivity index (χ4n) is 4.16. The summed E-state index contributed by atoms with van der Waals surface area (Å²) >= 11 is 9.35. The quantitative estimate of drug-likeness (QED) is 0.813. The molecule has 0 spiro atoms. The minimum atomic E-state index is -0.260. The van der Waals surface area contributed by atoms with Gasteiger partial charge in [-0.25, -0.2) is 0 Å². The molecule has 2 saturated carbocycles. The number of anilines is 1. The molecule has 1 heterocycles. The highest BCUT2D eigenvalue weighted by atomic mass is 79.9. The molecule has 4 nitrogen and oxygen atoms in total. The first kappa shape index (κ1) is 13.6. The van der Waals surface area contributed by atoms with Gasteiger partial charge in [0.2, 0.25) is 5.91 Å². The Hall–Kier alpha value is -1.07.